The van der Waals surface area contributed by atoms with E-state index in [1.54, 1.807) is 0 Å². The van der Waals surface area contributed by atoms with Crippen LogP contribution in [0.4, 0.5) is 11.4 Å². The Kier molecular flexibility index (Phi) is 13.4. The summed E-state index contributed by atoms with van der Waals surface area (Å²) in [5.74, 6) is 2.06. The maximum Gasteiger partial charge on any atom is 0.169 e. The minimum absolute atomic E-state index is 0.806. The van der Waals surface area contributed by atoms with Crippen molar-refractivity contribution in [3.8, 4) is 0 Å². The van der Waals surface area contributed by atoms with Gasteiger partial charge >= 0.3 is 0 Å². The first-order valence-electron chi connectivity index (χ1n) is 13.4. The Morgan fingerprint density at radius 3 is 1.82 bits per heavy atom. The van der Waals surface area contributed by atoms with Gasteiger partial charge in [0.15, 0.2) is 18.9 Å². The van der Waals surface area contributed by atoms with E-state index in [9.17, 15) is 0 Å². The number of aryl methyl sites for hydroxylation is 1. The molecule has 1 aromatic heterocycles. The summed E-state index contributed by atoms with van der Waals surface area (Å²) in [6.07, 6.45) is 18.5. The Morgan fingerprint density at radius 2 is 1.27 bits per heavy atom. The fourth-order valence-electron chi connectivity index (χ4n) is 3.64. The normalized spacial score (nSPS) is 12.1. The van der Waals surface area contributed by atoms with Crippen molar-refractivity contribution in [2.24, 2.45) is 4.99 Å². The maximum absolute atomic E-state index is 4.53. The predicted octanol–water partition coefficient (Wildman–Crippen LogP) is 7.55. The Morgan fingerprint density at radius 1 is 0.750 bits per heavy atom. The Labute approximate surface area is 248 Å². The van der Waals surface area contributed by atoms with E-state index in [1.807, 2.05) is 54.0 Å². The third-order valence-electron chi connectivity index (χ3n) is 6.10. The summed E-state index contributed by atoms with van der Waals surface area (Å²) in [4.78, 5) is 8.73. The van der Waals surface area contributed by atoms with E-state index in [0.717, 1.165) is 35.7 Å². The highest BCUT2D eigenvalue weighted by atomic mass is 33.1. The fraction of sp³-hybridized carbons (Fsp3) is 0.235. The summed E-state index contributed by atoms with van der Waals surface area (Å²) in [6.45, 7) is 5.71. The number of hydrogen-bond donors (Lipinski definition) is 0. The molecule has 0 aliphatic carbocycles. The zero-order valence-corrected chi connectivity index (χ0v) is 25.7. The van der Waals surface area contributed by atoms with Crippen LogP contribution in [0.15, 0.2) is 108 Å². The summed E-state index contributed by atoms with van der Waals surface area (Å²) >= 11 is 0. The minimum atomic E-state index is 0.806. The average molecular weight is 570 g/mol. The summed E-state index contributed by atoms with van der Waals surface area (Å²) in [7, 11) is 12.0. The number of anilines is 2. The summed E-state index contributed by atoms with van der Waals surface area (Å²) in [6, 6.07) is 21.4. The molecule has 0 saturated heterocycles. The van der Waals surface area contributed by atoms with E-state index in [1.165, 1.54) is 22.5 Å². The van der Waals surface area contributed by atoms with E-state index in [-0.39, 0.29) is 0 Å². The second-order valence-corrected chi connectivity index (χ2v) is 12.3. The molecule has 3 rings (SSSR count). The molecule has 0 unspecified atom stereocenters. The van der Waals surface area contributed by atoms with Gasteiger partial charge in [0.1, 0.15) is 0 Å². The van der Waals surface area contributed by atoms with Crippen molar-refractivity contribution in [3.05, 3.63) is 120 Å². The fourth-order valence-corrected chi connectivity index (χ4v) is 5.49. The molecule has 0 aliphatic heterocycles. The van der Waals surface area contributed by atoms with Crippen LogP contribution in [-0.2, 0) is 6.54 Å². The van der Waals surface area contributed by atoms with E-state index < -0.39 is 0 Å². The molecular formula is C34H41N4S2+. The Balaban J connectivity index is 1.31. The zero-order chi connectivity index (χ0) is 28.6. The quantitative estimate of drug-likeness (QED) is 0.0620. The molecule has 6 heteroatoms. The molecule has 40 heavy (non-hydrogen) atoms. The molecule has 3 aromatic rings. The molecule has 1 heterocycles. The number of aromatic nitrogens is 1. The van der Waals surface area contributed by atoms with Gasteiger partial charge in [-0.15, -0.1) is 0 Å². The van der Waals surface area contributed by atoms with Crippen molar-refractivity contribution in [2.75, 3.05) is 56.0 Å². The van der Waals surface area contributed by atoms with Crippen molar-refractivity contribution >= 4 is 57.4 Å². The molecule has 208 valence electrons. The number of aliphatic imine (C=N–C) groups is 1. The molecule has 0 N–H and O–H groups in total. The van der Waals surface area contributed by atoms with Gasteiger partial charge in [-0.1, -0.05) is 82.8 Å². The lowest BCUT2D eigenvalue weighted by molar-refractivity contribution is -0.692. The van der Waals surface area contributed by atoms with Crippen molar-refractivity contribution in [3.63, 3.8) is 0 Å². The number of nitrogens with zero attached hydrogens (tertiary/aromatic N) is 4. The van der Waals surface area contributed by atoms with Crippen LogP contribution in [0.5, 0.6) is 0 Å². The first-order chi connectivity index (χ1) is 19.4. The molecule has 0 spiro atoms. The number of hydrogen-bond acceptors (Lipinski definition) is 5. The lowest BCUT2D eigenvalue weighted by atomic mass is 10.1. The van der Waals surface area contributed by atoms with E-state index in [2.05, 4.69) is 137 Å². The second kappa shape index (κ2) is 17.3. The van der Waals surface area contributed by atoms with Gasteiger partial charge < -0.3 is 9.80 Å². The van der Waals surface area contributed by atoms with Gasteiger partial charge in [0.05, 0.1) is 5.75 Å². The second-order valence-electron chi connectivity index (χ2n) is 9.58. The highest BCUT2D eigenvalue weighted by molar-refractivity contribution is 8.76. The minimum Gasteiger partial charge on any atom is -0.378 e. The van der Waals surface area contributed by atoms with E-state index in [0.29, 0.717) is 0 Å². The smallest absolute Gasteiger partial charge is 0.169 e. The lowest BCUT2D eigenvalue weighted by Crippen LogP contribution is -2.33. The van der Waals surface area contributed by atoms with Crippen LogP contribution in [0.2, 0.25) is 0 Å². The largest absolute Gasteiger partial charge is 0.378 e. The summed E-state index contributed by atoms with van der Waals surface area (Å²) in [5.41, 5.74) is 7.02. The first-order valence-corrected chi connectivity index (χ1v) is 15.9. The molecule has 4 nitrogen and oxygen atoms in total. The standard InChI is InChI=1S/C34H41N4S2/c1-6-29(7-8-30-11-15-33(16-12-30)36(2)3)19-22-35-23-27-39-40-28-26-38-24-20-32(21-25-38)10-9-31-13-17-34(18-14-31)37(4)5/h6-22,24-25H,1,23,26-28H2,2-5H3/q+1/b8-7+,29-19+,35-22?. The first kappa shape index (κ1) is 31.1. The molecule has 0 radical (unpaired) electrons. The van der Waals surface area contributed by atoms with Gasteiger partial charge in [0.25, 0.3) is 0 Å². The van der Waals surface area contributed by atoms with Gasteiger partial charge in [-0.25, -0.2) is 4.57 Å². The average Bonchev–Trinajstić information content (AvgIpc) is 2.97. The van der Waals surface area contributed by atoms with Gasteiger partial charge in [-0.2, -0.15) is 0 Å². The third-order valence-corrected chi connectivity index (χ3v) is 8.47. The molecule has 0 atom stereocenters. The van der Waals surface area contributed by atoms with Gasteiger partial charge in [0.2, 0.25) is 0 Å². The monoisotopic (exact) mass is 569 g/mol. The molecule has 0 amide bonds. The number of rotatable bonds is 15. The van der Waals surface area contributed by atoms with Crippen LogP contribution in [0.3, 0.4) is 0 Å². The third kappa shape index (κ3) is 11.3. The van der Waals surface area contributed by atoms with Crippen LogP contribution in [0, 0.1) is 0 Å². The van der Waals surface area contributed by atoms with Crippen LogP contribution < -0.4 is 14.4 Å². The van der Waals surface area contributed by atoms with Crippen LogP contribution in [0.25, 0.3) is 18.2 Å². The van der Waals surface area contributed by atoms with Gasteiger partial charge in [-0.05, 0) is 52.6 Å². The highest BCUT2D eigenvalue weighted by Gasteiger charge is 2.01. The molecule has 2 aromatic carbocycles. The van der Waals surface area contributed by atoms with Gasteiger partial charge in [-0.3, -0.25) is 4.99 Å². The molecule has 0 bridgehead atoms. The zero-order valence-electron chi connectivity index (χ0n) is 24.1. The van der Waals surface area contributed by atoms with Crippen LogP contribution in [-0.4, -0.2) is 52.5 Å². The number of benzene rings is 2. The molecule has 0 aliphatic rings. The molecule has 0 fully saturated rings. The number of allylic oxidation sites excluding steroid dienone is 4. The summed E-state index contributed by atoms with van der Waals surface area (Å²) < 4.78 is 2.24. The van der Waals surface area contributed by atoms with Crippen LogP contribution >= 0.6 is 21.6 Å². The molecule has 0 saturated carbocycles. The van der Waals surface area contributed by atoms with Crippen LogP contribution in [0.1, 0.15) is 16.7 Å². The number of pyridine rings is 1. The predicted molar refractivity (Wildman–Crippen MR) is 183 cm³/mol. The van der Waals surface area contributed by atoms with Crippen molar-refractivity contribution in [1.82, 2.24) is 0 Å². The lowest BCUT2D eigenvalue weighted by Gasteiger charge is -2.11. The molecular weight excluding hydrogens is 529 g/mol. The highest BCUT2D eigenvalue weighted by Crippen LogP contribution is 2.20. The van der Waals surface area contributed by atoms with Gasteiger partial charge in [0, 0.05) is 70.2 Å². The van der Waals surface area contributed by atoms with Crippen molar-refractivity contribution < 1.29 is 4.57 Å². The van der Waals surface area contributed by atoms with Crippen molar-refractivity contribution in [1.29, 1.82) is 0 Å². The van der Waals surface area contributed by atoms with Crippen molar-refractivity contribution in [2.45, 2.75) is 6.54 Å². The van der Waals surface area contributed by atoms with E-state index in [4.69, 9.17) is 0 Å². The maximum atomic E-state index is 4.53. The summed E-state index contributed by atoms with van der Waals surface area (Å²) in [5, 5.41) is 0. The SMILES string of the molecule is C=CC(/C=C/c1ccc(N(C)C)cc1)=C\C=NCCSSCC[n+]1ccc(/C=C/c2ccc(N(C)C)cc2)cc1. The Bertz CT molecular complexity index is 1290. The Hall–Kier alpha value is -3.48. The van der Waals surface area contributed by atoms with E-state index >= 15 is 0 Å². The topological polar surface area (TPSA) is 22.7 Å².